The normalized spacial score (nSPS) is 10.8. The molecule has 15 heavy (non-hydrogen) atoms. The molecule has 1 aromatic heterocycles. The Morgan fingerprint density at radius 2 is 2.27 bits per heavy atom. The van der Waals surface area contributed by atoms with E-state index in [1.807, 2.05) is 25.1 Å². The molecule has 0 amide bonds. The average Bonchev–Trinajstić information content (AvgIpc) is 2.44. The number of aliphatic carboxylic acids is 1. The van der Waals surface area contributed by atoms with E-state index >= 15 is 0 Å². The molecule has 0 bridgehead atoms. The van der Waals surface area contributed by atoms with Gasteiger partial charge in [0.25, 0.3) is 0 Å². The number of rotatable bonds is 2. The molecule has 1 N–H and O–H groups in total. The molecular weight excluding hydrogens is 276 g/mol. The zero-order chi connectivity index (χ0) is 11.0. The summed E-state index contributed by atoms with van der Waals surface area (Å²) in [5.74, 6) is -0.774. The Bertz CT molecular complexity index is 531. The highest BCUT2D eigenvalue weighted by molar-refractivity contribution is 9.10. The van der Waals surface area contributed by atoms with Crippen molar-refractivity contribution in [1.82, 2.24) is 0 Å². The van der Waals surface area contributed by atoms with Crippen LogP contribution in [-0.4, -0.2) is 11.1 Å². The van der Waals surface area contributed by atoms with Crippen LogP contribution in [0.3, 0.4) is 0 Å². The van der Waals surface area contributed by atoms with Gasteiger partial charge in [0.15, 0.2) is 0 Å². The predicted octanol–water partition coefficient (Wildman–Crippen LogP) is 3.60. The quantitative estimate of drug-likeness (QED) is 0.915. The average molecular weight is 285 g/mol. The van der Waals surface area contributed by atoms with Crippen molar-refractivity contribution in [2.24, 2.45) is 0 Å². The van der Waals surface area contributed by atoms with Crippen LogP contribution in [0.2, 0.25) is 0 Å². The van der Waals surface area contributed by atoms with Gasteiger partial charge in [-0.2, -0.15) is 0 Å². The van der Waals surface area contributed by atoms with E-state index in [2.05, 4.69) is 15.9 Å². The van der Waals surface area contributed by atoms with Gasteiger partial charge in [-0.25, -0.2) is 0 Å². The van der Waals surface area contributed by atoms with Gasteiger partial charge in [0.1, 0.15) is 0 Å². The summed E-state index contributed by atoms with van der Waals surface area (Å²) in [5, 5.41) is 9.91. The number of aryl methyl sites for hydroxylation is 1. The zero-order valence-electron chi connectivity index (χ0n) is 8.08. The molecule has 2 nitrogen and oxygen atoms in total. The number of hydrogen-bond acceptors (Lipinski definition) is 2. The first kappa shape index (κ1) is 10.6. The zero-order valence-corrected chi connectivity index (χ0v) is 10.5. The Morgan fingerprint density at radius 1 is 1.53 bits per heavy atom. The molecule has 78 valence electrons. The van der Waals surface area contributed by atoms with Crippen molar-refractivity contribution in [3.8, 4) is 0 Å². The number of carbonyl (C=O) groups is 1. The lowest BCUT2D eigenvalue weighted by atomic mass is 10.1. The highest BCUT2D eigenvalue weighted by atomic mass is 79.9. The van der Waals surface area contributed by atoms with E-state index in [0.717, 1.165) is 25.0 Å². The number of thiophene rings is 1. The fourth-order valence-corrected chi connectivity index (χ4v) is 3.09. The smallest absolute Gasteiger partial charge is 0.308 e. The van der Waals surface area contributed by atoms with E-state index < -0.39 is 5.97 Å². The highest BCUT2D eigenvalue weighted by Crippen LogP contribution is 2.32. The van der Waals surface area contributed by atoms with Crippen molar-refractivity contribution >= 4 is 43.3 Å². The molecule has 0 aliphatic carbocycles. The third kappa shape index (κ3) is 2.06. The summed E-state index contributed by atoms with van der Waals surface area (Å²) in [6, 6.07) is 6.03. The highest BCUT2D eigenvalue weighted by Gasteiger charge is 2.11. The Balaban J connectivity index is 2.59. The van der Waals surface area contributed by atoms with Gasteiger partial charge < -0.3 is 5.11 Å². The Labute approximate surface area is 99.7 Å². The van der Waals surface area contributed by atoms with Gasteiger partial charge in [-0.15, -0.1) is 11.3 Å². The van der Waals surface area contributed by atoms with E-state index in [1.165, 1.54) is 0 Å². The Hall–Kier alpha value is -0.870. The van der Waals surface area contributed by atoms with Crippen LogP contribution in [0.1, 0.15) is 10.4 Å². The summed E-state index contributed by atoms with van der Waals surface area (Å²) in [4.78, 5) is 11.6. The van der Waals surface area contributed by atoms with Crippen molar-refractivity contribution in [3.63, 3.8) is 0 Å². The van der Waals surface area contributed by atoms with E-state index in [0.29, 0.717) is 0 Å². The summed E-state index contributed by atoms with van der Waals surface area (Å²) in [6.45, 7) is 1.98. The lowest BCUT2D eigenvalue weighted by Crippen LogP contribution is -1.98. The second kappa shape index (κ2) is 3.94. The fourth-order valence-electron chi connectivity index (χ4n) is 1.55. The molecule has 2 aromatic rings. The fraction of sp³-hybridized carbons (Fsp3) is 0.182. The number of fused-ring (bicyclic) bond motifs is 1. The molecule has 0 atom stereocenters. The van der Waals surface area contributed by atoms with E-state index in [-0.39, 0.29) is 6.42 Å². The van der Waals surface area contributed by atoms with Gasteiger partial charge >= 0.3 is 5.97 Å². The number of carboxylic acid groups (broad SMARTS) is 1. The molecule has 0 aliphatic rings. The number of benzene rings is 1. The van der Waals surface area contributed by atoms with Gasteiger partial charge in [0.05, 0.1) is 6.42 Å². The summed E-state index contributed by atoms with van der Waals surface area (Å²) >= 11 is 4.97. The first-order chi connectivity index (χ1) is 7.08. The summed E-state index contributed by atoms with van der Waals surface area (Å²) in [7, 11) is 0. The van der Waals surface area contributed by atoms with Crippen LogP contribution in [0.4, 0.5) is 0 Å². The van der Waals surface area contributed by atoms with Crippen molar-refractivity contribution in [2.45, 2.75) is 13.3 Å². The van der Waals surface area contributed by atoms with Crippen molar-refractivity contribution < 1.29 is 9.90 Å². The van der Waals surface area contributed by atoms with Gasteiger partial charge in [-0.1, -0.05) is 15.9 Å². The van der Waals surface area contributed by atoms with Crippen molar-refractivity contribution in [1.29, 1.82) is 0 Å². The van der Waals surface area contributed by atoms with Gasteiger partial charge in [-0.05, 0) is 36.1 Å². The van der Waals surface area contributed by atoms with E-state index in [4.69, 9.17) is 5.11 Å². The molecule has 0 aliphatic heterocycles. The van der Waals surface area contributed by atoms with E-state index in [1.54, 1.807) is 11.3 Å². The first-order valence-electron chi connectivity index (χ1n) is 4.47. The van der Waals surface area contributed by atoms with Crippen LogP contribution in [0.25, 0.3) is 10.1 Å². The van der Waals surface area contributed by atoms with E-state index in [9.17, 15) is 4.79 Å². The molecule has 0 radical (unpaired) electrons. The molecule has 0 spiro atoms. The minimum atomic E-state index is -0.774. The first-order valence-corrected chi connectivity index (χ1v) is 6.08. The molecule has 1 heterocycles. The van der Waals surface area contributed by atoms with Gasteiger partial charge in [0.2, 0.25) is 0 Å². The van der Waals surface area contributed by atoms with Crippen molar-refractivity contribution in [2.75, 3.05) is 0 Å². The monoisotopic (exact) mass is 284 g/mol. The Morgan fingerprint density at radius 3 is 2.93 bits per heavy atom. The minimum absolute atomic E-state index is 0.114. The third-order valence-electron chi connectivity index (χ3n) is 2.31. The predicted molar refractivity (Wildman–Crippen MR) is 65.6 cm³/mol. The van der Waals surface area contributed by atoms with Crippen LogP contribution in [0.15, 0.2) is 22.7 Å². The molecule has 0 unspecified atom stereocenters. The maximum absolute atomic E-state index is 10.7. The maximum atomic E-state index is 10.7. The molecular formula is C11H9BrO2S. The number of hydrogen-bond donors (Lipinski definition) is 1. The van der Waals surface area contributed by atoms with Crippen LogP contribution in [-0.2, 0) is 11.2 Å². The summed E-state index contributed by atoms with van der Waals surface area (Å²) < 4.78 is 2.17. The lowest BCUT2D eigenvalue weighted by molar-refractivity contribution is -0.136. The molecule has 0 saturated carbocycles. The summed E-state index contributed by atoms with van der Waals surface area (Å²) in [6.07, 6.45) is 0.114. The van der Waals surface area contributed by atoms with Crippen LogP contribution in [0.5, 0.6) is 0 Å². The molecule has 1 aromatic carbocycles. The third-order valence-corrected chi connectivity index (χ3v) is 4.07. The van der Waals surface area contributed by atoms with Gasteiger partial charge in [-0.3, -0.25) is 4.79 Å². The summed E-state index contributed by atoms with van der Waals surface area (Å²) in [5.41, 5.74) is 1.08. The number of halogens is 1. The molecule has 2 rings (SSSR count). The largest absolute Gasteiger partial charge is 0.481 e. The second-order valence-electron chi connectivity index (χ2n) is 3.36. The van der Waals surface area contributed by atoms with Gasteiger partial charge in [0, 0.05) is 14.0 Å². The van der Waals surface area contributed by atoms with Crippen LogP contribution < -0.4 is 0 Å². The standard InChI is InChI=1S/C11H9BrO2S/c1-6-8-4-7(12)2-3-9(8)15-10(6)5-11(13)14/h2-4H,5H2,1H3,(H,13,14). The second-order valence-corrected chi connectivity index (χ2v) is 5.41. The lowest BCUT2D eigenvalue weighted by Gasteiger charge is -1.94. The maximum Gasteiger partial charge on any atom is 0.308 e. The molecule has 4 heteroatoms. The Kier molecular flexibility index (Phi) is 2.80. The minimum Gasteiger partial charge on any atom is -0.481 e. The topological polar surface area (TPSA) is 37.3 Å². The van der Waals surface area contributed by atoms with Crippen molar-refractivity contribution in [3.05, 3.63) is 33.1 Å². The number of carboxylic acids is 1. The molecule has 0 fully saturated rings. The molecule has 0 saturated heterocycles. The van der Waals surface area contributed by atoms with Crippen LogP contribution in [0, 0.1) is 6.92 Å². The SMILES string of the molecule is Cc1c(CC(=O)O)sc2ccc(Br)cc12. The van der Waals surface area contributed by atoms with Crippen LogP contribution >= 0.6 is 27.3 Å².